The Labute approximate surface area is 135 Å². The molecule has 0 saturated heterocycles. The van der Waals surface area contributed by atoms with E-state index in [1.54, 1.807) is 13.8 Å². The number of nitrogens with two attached hydrogens (primary N) is 1. The highest BCUT2D eigenvalue weighted by Gasteiger charge is 2.32. The van der Waals surface area contributed by atoms with Gasteiger partial charge in [-0.3, -0.25) is 4.99 Å². The number of ether oxygens (including phenoxy) is 1. The van der Waals surface area contributed by atoms with E-state index >= 15 is 0 Å². The van der Waals surface area contributed by atoms with Crippen LogP contribution in [0.3, 0.4) is 0 Å². The summed E-state index contributed by atoms with van der Waals surface area (Å²) in [6.07, 6.45) is -2.74. The Morgan fingerprint density at radius 1 is 1.39 bits per heavy atom. The van der Waals surface area contributed by atoms with Crippen LogP contribution in [0.1, 0.15) is 27.2 Å². The molecule has 0 aliphatic heterocycles. The molecule has 0 amide bonds. The van der Waals surface area contributed by atoms with Crippen LogP contribution < -0.4 is 5.73 Å². The number of carbonyl (C=O) groups is 1. The molecule has 7 nitrogen and oxygen atoms in total. The lowest BCUT2D eigenvalue weighted by Gasteiger charge is -2.26. The van der Waals surface area contributed by atoms with E-state index in [2.05, 4.69) is 11.6 Å². The van der Waals surface area contributed by atoms with Crippen molar-refractivity contribution in [1.82, 2.24) is 0 Å². The predicted molar refractivity (Wildman–Crippen MR) is 86.5 cm³/mol. The minimum atomic E-state index is -1.31. The second-order valence-electron chi connectivity index (χ2n) is 5.61. The number of rotatable bonds is 5. The molecule has 3 atom stereocenters. The van der Waals surface area contributed by atoms with Gasteiger partial charge in [0, 0.05) is 17.7 Å². The van der Waals surface area contributed by atoms with Gasteiger partial charge < -0.3 is 25.8 Å². The molecule has 7 heteroatoms. The Morgan fingerprint density at radius 3 is 2.52 bits per heavy atom. The summed E-state index contributed by atoms with van der Waals surface area (Å²) in [5.74, 6) is -0.702. The van der Waals surface area contributed by atoms with Crippen LogP contribution >= 0.6 is 0 Å². The fraction of sp³-hybridized carbons (Fsp3) is 0.500. The predicted octanol–water partition coefficient (Wildman–Crippen LogP) is 0.170. The maximum Gasteiger partial charge on any atom is 0.334 e. The average molecular weight is 324 g/mol. The number of allylic oxidation sites excluding steroid dienone is 2. The summed E-state index contributed by atoms with van der Waals surface area (Å²) in [7, 11) is 0. The molecule has 0 aromatic rings. The van der Waals surface area contributed by atoms with Gasteiger partial charge in [-0.1, -0.05) is 6.58 Å². The van der Waals surface area contributed by atoms with Gasteiger partial charge in [-0.05, 0) is 32.4 Å². The summed E-state index contributed by atoms with van der Waals surface area (Å²) in [6, 6.07) is 0. The van der Waals surface area contributed by atoms with E-state index in [4.69, 9.17) is 10.5 Å². The third kappa shape index (κ3) is 5.31. The molecule has 0 aromatic carbocycles. The molecule has 3 unspecified atom stereocenters. The number of carbonyl (C=O) groups excluding carboxylic acids is 1. The van der Waals surface area contributed by atoms with Crippen molar-refractivity contribution in [3.8, 4) is 0 Å². The van der Waals surface area contributed by atoms with E-state index < -0.39 is 24.3 Å². The zero-order valence-corrected chi connectivity index (χ0v) is 13.6. The summed E-state index contributed by atoms with van der Waals surface area (Å²) in [5.41, 5.74) is 8.27. The zero-order valence-electron chi connectivity index (χ0n) is 13.6. The molecule has 1 aliphatic rings. The Kier molecular flexibility index (Phi) is 6.68. The van der Waals surface area contributed by atoms with Crippen molar-refractivity contribution in [2.24, 2.45) is 10.7 Å². The van der Waals surface area contributed by atoms with Crippen LogP contribution in [-0.2, 0) is 9.53 Å². The summed E-state index contributed by atoms with van der Waals surface area (Å²) < 4.78 is 5.05. The van der Waals surface area contributed by atoms with E-state index in [-0.39, 0.29) is 24.3 Å². The van der Waals surface area contributed by atoms with Crippen LogP contribution in [0.15, 0.2) is 40.2 Å². The van der Waals surface area contributed by atoms with E-state index in [0.717, 1.165) is 11.3 Å². The van der Waals surface area contributed by atoms with Crippen LogP contribution in [0.25, 0.3) is 0 Å². The van der Waals surface area contributed by atoms with Crippen molar-refractivity contribution < 1.29 is 24.9 Å². The molecule has 0 heterocycles. The largest absolute Gasteiger partial charge is 0.456 e. The van der Waals surface area contributed by atoms with Gasteiger partial charge in [0.2, 0.25) is 0 Å². The smallest absolute Gasteiger partial charge is 0.334 e. The highest BCUT2D eigenvalue weighted by atomic mass is 16.5. The van der Waals surface area contributed by atoms with Crippen LogP contribution in [0.5, 0.6) is 0 Å². The van der Waals surface area contributed by atoms with Gasteiger partial charge in [-0.15, -0.1) is 0 Å². The highest BCUT2D eigenvalue weighted by Crippen LogP contribution is 2.20. The molecular formula is C16H24N2O5. The van der Waals surface area contributed by atoms with Crippen molar-refractivity contribution in [3.05, 3.63) is 35.2 Å². The minimum absolute atomic E-state index is 0.0907. The van der Waals surface area contributed by atoms with Crippen LogP contribution in [0, 0.1) is 0 Å². The van der Waals surface area contributed by atoms with Gasteiger partial charge in [0.05, 0.1) is 17.5 Å². The Balaban J connectivity index is 2.71. The quantitative estimate of drug-likeness (QED) is 0.422. The monoisotopic (exact) mass is 324 g/mol. The number of aliphatic hydroxyl groups is 3. The number of aliphatic hydroxyl groups excluding tert-OH is 3. The van der Waals surface area contributed by atoms with Gasteiger partial charge >= 0.3 is 5.97 Å². The maximum absolute atomic E-state index is 11.9. The summed E-state index contributed by atoms with van der Waals surface area (Å²) in [5, 5.41) is 28.5. The summed E-state index contributed by atoms with van der Waals surface area (Å²) >= 11 is 0. The maximum atomic E-state index is 11.9. The first-order chi connectivity index (χ1) is 10.6. The molecule has 0 saturated carbocycles. The Bertz CT molecular complexity index is 577. The highest BCUT2D eigenvalue weighted by molar-refractivity contribution is 5.97. The van der Waals surface area contributed by atoms with E-state index in [1.165, 1.54) is 6.08 Å². The topological polar surface area (TPSA) is 125 Å². The van der Waals surface area contributed by atoms with Gasteiger partial charge in [0.1, 0.15) is 18.8 Å². The van der Waals surface area contributed by atoms with Crippen molar-refractivity contribution in [2.45, 2.75) is 45.5 Å². The normalized spacial score (nSPS) is 26.3. The minimum Gasteiger partial charge on any atom is -0.456 e. The molecule has 5 N–H and O–H groups in total. The molecule has 0 bridgehead atoms. The fourth-order valence-corrected chi connectivity index (χ4v) is 1.86. The van der Waals surface area contributed by atoms with Crippen molar-refractivity contribution >= 4 is 11.7 Å². The molecule has 128 valence electrons. The SMILES string of the molecule is C=C(C)/C(C)=N\C(C)=C(/N)COC(=O)C1=CC(O)C(O)C(O)C1. The third-order valence-corrected chi connectivity index (χ3v) is 3.58. The van der Waals surface area contributed by atoms with E-state index in [9.17, 15) is 20.1 Å². The molecular weight excluding hydrogens is 300 g/mol. The number of nitrogens with zero attached hydrogens (tertiary/aromatic N) is 1. The first-order valence-corrected chi connectivity index (χ1v) is 7.21. The Morgan fingerprint density at radius 2 is 2.00 bits per heavy atom. The molecule has 23 heavy (non-hydrogen) atoms. The second kappa shape index (κ2) is 8.05. The summed E-state index contributed by atoms with van der Waals surface area (Å²) in [6.45, 7) is 8.92. The lowest BCUT2D eigenvalue weighted by Crippen LogP contribution is -2.41. The molecule has 0 spiro atoms. The van der Waals surface area contributed by atoms with Gasteiger partial charge in [0.15, 0.2) is 0 Å². The number of aliphatic imine (C=N–C) groups is 1. The third-order valence-electron chi connectivity index (χ3n) is 3.58. The summed E-state index contributed by atoms with van der Waals surface area (Å²) in [4.78, 5) is 16.2. The molecule has 1 rings (SSSR count). The molecule has 1 aliphatic carbocycles. The number of hydrogen-bond donors (Lipinski definition) is 4. The fourth-order valence-electron chi connectivity index (χ4n) is 1.86. The Hall–Kier alpha value is -1.96. The van der Waals surface area contributed by atoms with E-state index in [1.807, 2.05) is 6.92 Å². The van der Waals surface area contributed by atoms with Crippen molar-refractivity contribution in [1.29, 1.82) is 0 Å². The number of hydrogen-bond acceptors (Lipinski definition) is 7. The van der Waals surface area contributed by atoms with Gasteiger partial charge in [-0.2, -0.15) is 0 Å². The van der Waals surface area contributed by atoms with Crippen molar-refractivity contribution in [3.63, 3.8) is 0 Å². The van der Waals surface area contributed by atoms with Gasteiger partial charge in [0.25, 0.3) is 0 Å². The van der Waals surface area contributed by atoms with E-state index in [0.29, 0.717) is 5.70 Å². The lowest BCUT2D eigenvalue weighted by atomic mass is 9.92. The number of esters is 1. The molecule has 0 aromatic heterocycles. The first-order valence-electron chi connectivity index (χ1n) is 7.21. The molecule has 0 fully saturated rings. The lowest BCUT2D eigenvalue weighted by molar-refractivity contribution is -0.139. The van der Waals surface area contributed by atoms with Crippen molar-refractivity contribution in [2.75, 3.05) is 6.61 Å². The zero-order chi connectivity index (χ0) is 17.7. The van der Waals surface area contributed by atoms with Gasteiger partial charge in [-0.25, -0.2) is 4.79 Å². The average Bonchev–Trinajstić information content (AvgIpc) is 2.48. The van der Waals surface area contributed by atoms with Crippen LogP contribution in [0.4, 0.5) is 0 Å². The van der Waals surface area contributed by atoms with Crippen LogP contribution in [0.2, 0.25) is 0 Å². The standard InChI is InChI=1S/C16H24N2O5/c1-8(2)9(3)18-10(4)12(17)7-23-16(22)11-5-13(19)15(21)14(20)6-11/h5,13-15,19-21H,1,6-7,17H2,2-4H3/b12-10-,18-9-. The first kappa shape index (κ1) is 19.1. The second-order valence-corrected chi connectivity index (χ2v) is 5.61. The van der Waals surface area contributed by atoms with Crippen LogP contribution in [-0.4, -0.2) is 51.9 Å². The molecule has 0 radical (unpaired) electrons.